The summed E-state index contributed by atoms with van der Waals surface area (Å²) in [4.78, 5) is 29.0. The van der Waals surface area contributed by atoms with Gasteiger partial charge in [0.1, 0.15) is 28.7 Å². The molecule has 2 amide bonds. The van der Waals surface area contributed by atoms with E-state index in [9.17, 15) is 40.0 Å². The van der Waals surface area contributed by atoms with Gasteiger partial charge < -0.3 is 14.5 Å². The molecule has 0 spiro atoms. The van der Waals surface area contributed by atoms with Gasteiger partial charge in [0.05, 0.1) is 16.5 Å². The molecule has 0 unspecified atom stereocenters. The van der Waals surface area contributed by atoms with Gasteiger partial charge in [0.2, 0.25) is 11.8 Å². The van der Waals surface area contributed by atoms with Crippen molar-refractivity contribution in [1.82, 2.24) is 9.80 Å². The first-order valence-electron chi connectivity index (χ1n) is 15.4. The van der Waals surface area contributed by atoms with E-state index in [0.717, 1.165) is 30.3 Å². The zero-order chi connectivity index (χ0) is 33.7. The average molecular weight is 677 g/mol. The number of fused-ring (bicyclic) bond motifs is 3. The Balaban J connectivity index is 1.35. The number of carbonyl (C=O) groups excluding carboxylic acids is 2. The Kier molecular flexibility index (Phi) is 8.56. The van der Waals surface area contributed by atoms with Crippen LogP contribution in [0.3, 0.4) is 0 Å². The molecule has 3 aromatic carbocycles. The molecular formula is C34H33F5N2O5S. The van der Waals surface area contributed by atoms with Gasteiger partial charge in [-0.05, 0) is 91.8 Å². The van der Waals surface area contributed by atoms with Crippen molar-refractivity contribution >= 4 is 21.7 Å². The molecule has 250 valence electrons. The first-order valence-corrected chi connectivity index (χ1v) is 16.9. The molecule has 0 radical (unpaired) electrons. The maximum atomic E-state index is 14.6. The number of halogens is 5. The highest BCUT2D eigenvalue weighted by Gasteiger charge is 2.61. The second kappa shape index (κ2) is 12.2. The molecule has 3 aliphatic rings. The van der Waals surface area contributed by atoms with Crippen LogP contribution in [0.4, 0.5) is 22.0 Å². The van der Waals surface area contributed by atoms with Crippen LogP contribution in [0.2, 0.25) is 0 Å². The molecule has 13 heteroatoms. The number of piperidine rings is 1. The van der Waals surface area contributed by atoms with Crippen LogP contribution in [0.1, 0.15) is 54.9 Å². The number of amides is 2. The molecule has 6 rings (SSSR count). The van der Waals surface area contributed by atoms with E-state index in [4.69, 9.17) is 4.74 Å². The molecule has 2 heterocycles. The molecule has 0 aromatic heterocycles. The van der Waals surface area contributed by atoms with Crippen molar-refractivity contribution in [3.8, 4) is 5.75 Å². The maximum Gasteiger partial charge on any atom is 0.416 e. The molecule has 2 atom stereocenters. The third-order valence-electron chi connectivity index (χ3n) is 9.84. The molecule has 2 aliphatic heterocycles. The number of ether oxygens (including phenoxy) is 1. The molecule has 0 N–H and O–H groups in total. The SMILES string of the molecule is CC(=O)N1CCC(C(=O)N2CC[C@@]3(S(=O)(=O)c4ccc(F)cc4)c4ccc(OCc5c(F)cccc5C(F)(F)F)cc4CC[C@@H]23)CC1. The average Bonchev–Trinajstić information content (AvgIpc) is 3.45. The van der Waals surface area contributed by atoms with Crippen LogP contribution in [0.5, 0.6) is 5.75 Å². The van der Waals surface area contributed by atoms with Crippen molar-refractivity contribution in [2.75, 3.05) is 19.6 Å². The number of rotatable bonds is 6. The van der Waals surface area contributed by atoms with E-state index in [2.05, 4.69) is 0 Å². The molecular weight excluding hydrogens is 643 g/mol. The lowest BCUT2D eigenvalue weighted by Crippen LogP contribution is -2.53. The number of carbonyl (C=O) groups is 2. The number of hydrogen-bond acceptors (Lipinski definition) is 5. The summed E-state index contributed by atoms with van der Waals surface area (Å²) >= 11 is 0. The lowest BCUT2D eigenvalue weighted by atomic mass is 9.78. The van der Waals surface area contributed by atoms with Crippen LogP contribution in [-0.2, 0) is 43.4 Å². The van der Waals surface area contributed by atoms with E-state index in [1.54, 1.807) is 21.9 Å². The van der Waals surface area contributed by atoms with Gasteiger partial charge in [0.25, 0.3) is 0 Å². The molecule has 47 heavy (non-hydrogen) atoms. The number of nitrogens with zero attached hydrogens (tertiary/aromatic N) is 2. The van der Waals surface area contributed by atoms with E-state index < -0.39 is 56.2 Å². The Hall–Kier alpha value is -4.00. The number of hydrogen-bond donors (Lipinski definition) is 0. The third-order valence-corrected chi connectivity index (χ3v) is 12.4. The molecule has 2 saturated heterocycles. The quantitative estimate of drug-likeness (QED) is 0.235. The fourth-order valence-corrected chi connectivity index (χ4v) is 9.85. The Morgan fingerprint density at radius 3 is 2.32 bits per heavy atom. The fraction of sp³-hybridized carbons (Fsp3) is 0.412. The van der Waals surface area contributed by atoms with Crippen molar-refractivity contribution in [1.29, 1.82) is 0 Å². The number of benzene rings is 3. The lowest BCUT2D eigenvalue weighted by molar-refractivity contribution is -0.141. The van der Waals surface area contributed by atoms with Gasteiger partial charge >= 0.3 is 6.18 Å². The minimum Gasteiger partial charge on any atom is -0.489 e. The highest BCUT2D eigenvalue weighted by atomic mass is 32.2. The molecule has 7 nitrogen and oxygen atoms in total. The van der Waals surface area contributed by atoms with Crippen LogP contribution in [-0.4, -0.2) is 55.7 Å². The van der Waals surface area contributed by atoms with Crippen molar-refractivity contribution in [2.24, 2.45) is 5.92 Å². The minimum absolute atomic E-state index is 0.0663. The molecule has 2 fully saturated rings. The van der Waals surface area contributed by atoms with E-state index >= 15 is 0 Å². The van der Waals surface area contributed by atoms with Gasteiger partial charge in [-0.25, -0.2) is 17.2 Å². The summed E-state index contributed by atoms with van der Waals surface area (Å²) in [6.45, 7) is 1.82. The molecule has 1 aliphatic carbocycles. The second-order valence-electron chi connectivity index (χ2n) is 12.3. The summed E-state index contributed by atoms with van der Waals surface area (Å²) in [6.07, 6.45) is -3.16. The van der Waals surface area contributed by atoms with Crippen LogP contribution >= 0.6 is 0 Å². The van der Waals surface area contributed by atoms with E-state index in [-0.39, 0.29) is 47.8 Å². The summed E-state index contributed by atoms with van der Waals surface area (Å²) in [5.74, 6) is -2.13. The predicted octanol–water partition coefficient (Wildman–Crippen LogP) is 6.04. The van der Waals surface area contributed by atoms with Crippen LogP contribution in [0.25, 0.3) is 0 Å². The summed E-state index contributed by atoms with van der Waals surface area (Å²) in [7, 11) is -4.23. The number of alkyl halides is 3. The number of aryl methyl sites for hydroxylation is 1. The fourth-order valence-electron chi connectivity index (χ4n) is 7.48. The van der Waals surface area contributed by atoms with Gasteiger partial charge in [-0.2, -0.15) is 13.2 Å². The topological polar surface area (TPSA) is 84.0 Å². The normalized spacial score (nSPS) is 21.7. The number of sulfone groups is 1. The monoisotopic (exact) mass is 676 g/mol. The Morgan fingerprint density at radius 2 is 1.66 bits per heavy atom. The molecule has 0 bridgehead atoms. The van der Waals surface area contributed by atoms with Crippen LogP contribution in [0, 0.1) is 17.6 Å². The maximum absolute atomic E-state index is 14.6. The standard InChI is InChI=1S/C34H33F5N2O5S/c1-21(42)40-16-13-22(14-17-40)32(43)41-18-15-33(47(44,45)26-9-6-24(35)7-10-26)28-11-8-25(19-23(28)5-12-31(33)41)46-20-27-29(34(37,38)39)3-2-4-30(27)36/h2-4,6-11,19,22,31H,5,12-18,20H2,1H3/t31-,33-/m1/s1. The van der Waals surface area contributed by atoms with Crippen molar-refractivity contribution in [3.05, 3.63) is 94.6 Å². The van der Waals surface area contributed by atoms with Crippen molar-refractivity contribution in [3.63, 3.8) is 0 Å². The lowest BCUT2D eigenvalue weighted by Gasteiger charge is -2.43. The van der Waals surface area contributed by atoms with E-state index in [1.807, 2.05) is 0 Å². The Labute approximate surface area is 269 Å². The second-order valence-corrected chi connectivity index (χ2v) is 14.5. The van der Waals surface area contributed by atoms with Gasteiger partial charge in [0.15, 0.2) is 9.84 Å². The smallest absolute Gasteiger partial charge is 0.416 e. The largest absolute Gasteiger partial charge is 0.489 e. The van der Waals surface area contributed by atoms with E-state index in [0.29, 0.717) is 43.5 Å². The summed E-state index contributed by atoms with van der Waals surface area (Å²) in [5.41, 5.74) is -0.773. The predicted molar refractivity (Wildman–Crippen MR) is 161 cm³/mol. The van der Waals surface area contributed by atoms with Crippen molar-refractivity contribution in [2.45, 2.75) is 67.5 Å². The van der Waals surface area contributed by atoms with Gasteiger partial charge in [-0.15, -0.1) is 0 Å². The summed E-state index contributed by atoms with van der Waals surface area (Å²) < 4.78 is 102. The Bertz CT molecular complexity index is 1810. The molecule has 0 saturated carbocycles. The van der Waals surface area contributed by atoms with Gasteiger partial charge in [0, 0.05) is 38.0 Å². The van der Waals surface area contributed by atoms with E-state index in [1.165, 1.54) is 25.1 Å². The molecule has 3 aromatic rings. The third kappa shape index (κ3) is 5.76. The van der Waals surface area contributed by atoms with Crippen LogP contribution < -0.4 is 4.74 Å². The summed E-state index contributed by atoms with van der Waals surface area (Å²) in [5, 5.41) is 0. The first kappa shape index (κ1) is 32.9. The van der Waals surface area contributed by atoms with Gasteiger partial charge in [-0.1, -0.05) is 12.1 Å². The minimum atomic E-state index is -4.79. The zero-order valence-corrected chi connectivity index (χ0v) is 26.3. The Morgan fingerprint density at radius 1 is 0.957 bits per heavy atom. The number of likely N-dealkylation sites (tertiary alicyclic amines) is 2. The zero-order valence-electron chi connectivity index (χ0n) is 25.5. The van der Waals surface area contributed by atoms with Crippen molar-refractivity contribution < 1.29 is 44.7 Å². The first-order chi connectivity index (χ1) is 22.2. The highest BCUT2D eigenvalue weighted by molar-refractivity contribution is 7.92. The highest BCUT2D eigenvalue weighted by Crippen LogP contribution is 2.53. The van der Waals surface area contributed by atoms with Gasteiger partial charge in [-0.3, -0.25) is 9.59 Å². The summed E-state index contributed by atoms with van der Waals surface area (Å²) in [6, 6.07) is 11.0. The van der Waals surface area contributed by atoms with Crippen LogP contribution in [0.15, 0.2) is 65.6 Å².